The molecular weight excluding hydrogens is 508 g/mol. The van der Waals surface area contributed by atoms with E-state index in [0.29, 0.717) is 42.7 Å². The maximum absolute atomic E-state index is 13.5. The standard InChI is InChI=1S/C27H20N4O4S2/c1-13-8-9-18(14(2)10-13)28-23(32)22-15(3)21-24(37-22)29-27-31(25(21)33)30-19(12-36-27)17-11-16-6-4-5-7-20(16)35-26(17)34/h4-12,30H,1-3H3,(H,28,32). The van der Waals surface area contributed by atoms with Crippen molar-refractivity contribution in [1.29, 1.82) is 0 Å². The first-order valence-corrected chi connectivity index (χ1v) is 13.1. The number of anilines is 1. The van der Waals surface area contributed by atoms with Crippen LogP contribution >= 0.6 is 23.1 Å². The SMILES string of the molecule is Cc1ccc(NC(=O)c2sc3nc4n(c(=O)c3c2C)NC(c2cc3ccccc3oc2=O)=CS4)c(C)c1. The molecule has 0 radical (unpaired) electrons. The molecule has 1 aliphatic heterocycles. The summed E-state index contributed by atoms with van der Waals surface area (Å²) in [7, 11) is 0. The molecule has 1 aliphatic rings. The Labute approximate surface area is 218 Å². The van der Waals surface area contributed by atoms with Crippen molar-refractivity contribution in [2.45, 2.75) is 25.9 Å². The van der Waals surface area contributed by atoms with Gasteiger partial charge in [-0.3, -0.25) is 15.0 Å². The predicted molar refractivity (Wildman–Crippen MR) is 148 cm³/mol. The van der Waals surface area contributed by atoms with Gasteiger partial charge in [-0.25, -0.2) is 9.78 Å². The zero-order valence-corrected chi connectivity index (χ0v) is 21.7. The fraction of sp³-hybridized carbons (Fsp3) is 0.111. The number of para-hydroxylation sites is 1. The van der Waals surface area contributed by atoms with Gasteiger partial charge in [0.15, 0.2) is 5.16 Å². The summed E-state index contributed by atoms with van der Waals surface area (Å²) in [5.41, 5.74) is 6.73. The Morgan fingerprint density at radius 2 is 1.89 bits per heavy atom. The van der Waals surface area contributed by atoms with Crippen LogP contribution in [-0.4, -0.2) is 15.6 Å². The summed E-state index contributed by atoms with van der Waals surface area (Å²) in [6.45, 7) is 5.68. The number of hydrogen-bond donors (Lipinski definition) is 2. The number of aromatic nitrogens is 2. The third-order valence-electron chi connectivity index (χ3n) is 6.22. The van der Waals surface area contributed by atoms with Gasteiger partial charge in [0.2, 0.25) is 0 Å². The largest absolute Gasteiger partial charge is 0.422 e. The highest BCUT2D eigenvalue weighted by Crippen LogP contribution is 2.33. The van der Waals surface area contributed by atoms with Gasteiger partial charge >= 0.3 is 5.63 Å². The zero-order chi connectivity index (χ0) is 25.8. The summed E-state index contributed by atoms with van der Waals surface area (Å²) in [5.74, 6) is -0.289. The number of rotatable bonds is 3. The van der Waals surface area contributed by atoms with Crippen LogP contribution in [0.5, 0.6) is 0 Å². The van der Waals surface area contributed by atoms with Gasteiger partial charge in [-0.05, 0) is 50.1 Å². The van der Waals surface area contributed by atoms with Gasteiger partial charge in [-0.2, -0.15) is 4.68 Å². The van der Waals surface area contributed by atoms with Gasteiger partial charge in [0.1, 0.15) is 10.4 Å². The monoisotopic (exact) mass is 528 g/mol. The number of aryl methyl sites for hydroxylation is 3. The number of nitrogens with zero attached hydrogens (tertiary/aromatic N) is 2. The summed E-state index contributed by atoms with van der Waals surface area (Å²) in [4.78, 5) is 44.9. The average Bonchev–Trinajstić information content (AvgIpc) is 3.21. The number of fused-ring (bicyclic) bond motifs is 3. The quantitative estimate of drug-likeness (QED) is 0.239. The van der Waals surface area contributed by atoms with Crippen LogP contribution < -0.4 is 21.9 Å². The number of thioether (sulfide) groups is 1. The average molecular weight is 529 g/mol. The molecule has 0 bridgehead atoms. The molecule has 3 aromatic heterocycles. The molecule has 0 saturated carbocycles. The number of nitrogens with one attached hydrogen (secondary N) is 2. The molecule has 2 aromatic carbocycles. The lowest BCUT2D eigenvalue weighted by Gasteiger charge is -2.19. The fourth-order valence-electron chi connectivity index (χ4n) is 4.32. The summed E-state index contributed by atoms with van der Waals surface area (Å²) in [6, 6.07) is 14.8. The molecule has 0 atom stereocenters. The second kappa shape index (κ2) is 8.75. The van der Waals surface area contributed by atoms with Gasteiger partial charge in [0.05, 0.1) is 21.5 Å². The number of thiophene rings is 1. The van der Waals surface area contributed by atoms with Gasteiger partial charge in [0, 0.05) is 16.5 Å². The van der Waals surface area contributed by atoms with E-state index >= 15 is 0 Å². The number of hydrogen-bond acceptors (Lipinski definition) is 8. The van der Waals surface area contributed by atoms with E-state index < -0.39 is 5.63 Å². The first-order chi connectivity index (χ1) is 17.8. The number of carbonyl (C=O) groups is 1. The Morgan fingerprint density at radius 1 is 1.08 bits per heavy atom. The van der Waals surface area contributed by atoms with Gasteiger partial charge in [0.25, 0.3) is 11.5 Å². The lowest BCUT2D eigenvalue weighted by molar-refractivity contribution is 0.103. The molecule has 0 fully saturated rings. The summed E-state index contributed by atoms with van der Waals surface area (Å²) in [6.07, 6.45) is 0. The summed E-state index contributed by atoms with van der Waals surface area (Å²) >= 11 is 2.40. The smallest absolute Gasteiger partial charge is 0.345 e. The summed E-state index contributed by atoms with van der Waals surface area (Å²) in [5, 5.41) is 6.22. The minimum atomic E-state index is -0.513. The van der Waals surface area contributed by atoms with E-state index in [1.165, 1.54) is 27.8 Å². The third kappa shape index (κ3) is 3.94. The van der Waals surface area contributed by atoms with Crippen molar-refractivity contribution < 1.29 is 9.21 Å². The van der Waals surface area contributed by atoms with E-state index in [-0.39, 0.29) is 11.5 Å². The second-order valence-corrected chi connectivity index (χ2v) is 10.6. The third-order valence-corrected chi connectivity index (χ3v) is 8.24. The molecular formula is C27H20N4O4S2. The van der Waals surface area contributed by atoms with E-state index in [1.54, 1.807) is 30.5 Å². The highest BCUT2D eigenvalue weighted by molar-refractivity contribution is 8.02. The minimum Gasteiger partial charge on any atom is -0.422 e. The van der Waals surface area contributed by atoms with E-state index in [4.69, 9.17) is 4.42 Å². The van der Waals surface area contributed by atoms with Crippen molar-refractivity contribution in [3.63, 3.8) is 0 Å². The predicted octanol–water partition coefficient (Wildman–Crippen LogP) is 5.39. The van der Waals surface area contributed by atoms with Gasteiger partial charge in [-0.15, -0.1) is 11.3 Å². The van der Waals surface area contributed by atoms with Crippen molar-refractivity contribution >= 4 is 61.6 Å². The highest BCUT2D eigenvalue weighted by Gasteiger charge is 2.25. The van der Waals surface area contributed by atoms with E-state index in [0.717, 1.165) is 22.2 Å². The normalized spacial score (nSPS) is 12.8. The Balaban J connectivity index is 1.37. The lowest BCUT2D eigenvalue weighted by Crippen LogP contribution is -2.33. The molecule has 37 heavy (non-hydrogen) atoms. The second-order valence-electron chi connectivity index (χ2n) is 8.79. The first-order valence-electron chi connectivity index (χ1n) is 11.4. The van der Waals surface area contributed by atoms with Crippen molar-refractivity contribution in [1.82, 2.24) is 9.66 Å². The molecule has 184 valence electrons. The minimum absolute atomic E-state index is 0.289. The maximum atomic E-state index is 13.5. The molecule has 0 unspecified atom stereocenters. The van der Waals surface area contributed by atoms with E-state index in [2.05, 4.69) is 15.7 Å². The molecule has 5 aromatic rings. The van der Waals surface area contributed by atoms with Gasteiger partial charge in [-0.1, -0.05) is 47.7 Å². The van der Waals surface area contributed by atoms with Crippen LogP contribution in [0, 0.1) is 20.8 Å². The molecule has 0 saturated heterocycles. The van der Waals surface area contributed by atoms with Crippen LogP contribution in [0.3, 0.4) is 0 Å². The molecule has 2 N–H and O–H groups in total. The molecule has 6 rings (SSSR count). The van der Waals surface area contributed by atoms with Crippen LogP contribution in [-0.2, 0) is 0 Å². The van der Waals surface area contributed by atoms with E-state index in [9.17, 15) is 14.4 Å². The van der Waals surface area contributed by atoms with Crippen molar-refractivity contribution in [2.24, 2.45) is 0 Å². The van der Waals surface area contributed by atoms with E-state index in [1.807, 2.05) is 44.2 Å². The Kier molecular flexibility index (Phi) is 5.50. The Morgan fingerprint density at radius 3 is 2.70 bits per heavy atom. The molecule has 10 heteroatoms. The molecule has 4 heterocycles. The zero-order valence-electron chi connectivity index (χ0n) is 20.0. The van der Waals surface area contributed by atoms with Crippen LogP contribution in [0.15, 0.2) is 73.1 Å². The summed E-state index contributed by atoms with van der Waals surface area (Å²) < 4.78 is 6.76. The first kappa shape index (κ1) is 23.3. The Hall–Kier alpha value is -4.15. The topological polar surface area (TPSA) is 106 Å². The van der Waals surface area contributed by atoms with Crippen molar-refractivity contribution in [3.05, 3.63) is 102 Å². The molecule has 0 spiro atoms. The Bertz CT molecular complexity index is 1920. The van der Waals surface area contributed by atoms with Crippen LogP contribution in [0.1, 0.15) is 31.9 Å². The van der Waals surface area contributed by atoms with Crippen molar-refractivity contribution in [3.8, 4) is 0 Å². The van der Waals surface area contributed by atoms with Crippen LogP contribution in [0.2, 0.25) is 0 Å². The van der Waals surface area contributed by atoms with Crippen LogP contribution in [0.25, 0.3) is 26.9 Å². The number of benzene rings is 2. The lowest BCUT2D eigenvalue weighted by atomic mass is 10.1. The van der Waals surface area contributed by atoms with Crippen molar-refractivity contribution in [2.75, 3.05) is 10.7 Å². The van der Waals surface area contributed by atoms with Crippen LogP contribution in [0.4, 0.5) is 5.69 Å². The maximum Gasteiger partial charge on any atom is 0.345 e. The number of carbonyl (C=O) groups excluding carboxylic acids is 1. The highest BCUT2D eigenvalue weighted by atomic mass is 32.2. The molecule has 8 nitrogen and oxygen atoms in total. The molecule has 0 aliphatic carbocycles. The number of amides is 1. The molecule has 1 amide bonds. The fourth-order valence-corrected chi connectivity index (χ4v) is 6.23. The van der Waals surface area contributed by atoms with Gasteiger partial charge < -0.3 is 9.73 Å².